The summed E-state index contributed by atoms with van der Waals surface area (Å²) in [6.07, 6.45) is 2.73. The van der Waals surface area contributed by atoms with Crippen molar-refractivity contribution in [1.29, 1.82) is 0 Å². The van der Waals surface area contributed by atoms with Crippen molar-refractivity contribution in [2.45, 2.75) is 0 Å². The number of fused-ring (bicyclic) bond motifs is 1. The summed E-state index contributed by atoms with van der Waals surface area (Å²) in [5, 5.41) is 20.5. The molecule has 4 nitrogen and oxygen atoms in total. The second-order valence-electron chi connectivity index (χ2n) is 2.48. The molecule has 2 rings (SSSR count). The van der Waals surface area contributed by atoms with Crippen LogP contribution in [0.4, 0.5) is 11.4 Å². The smallest absolute Gasteiger partial charge is 0.0947 e. The Balaban J connectivity index is 2.54. The van der Waals surface area contributed by atoms with E-state index in [1.807, 2.05) is 0 Å². The molecule has 0 atom stereocenters. The van der Waals surface area contributed by atoms with Crippen LogP contribution in [0.1, 0.15) is 0 Å². The molecule has 0 saturated carbocycles. The molecule has 0 saturated heterocycles. The molecule has 1 aliphatic heterocycles. The lowest BCUT2D eigenvalue weighted by molar-refractivity contribution is 0.267. The molecule has 2 N–H and O–H groups in total. The fourth-order valence-electron chi connectivity index (χ4n) is 1.14. The summed E-state index contributed by atoms with van der Waals surface area (Å²) in [4.78, 5) is 0. The Bertz CT molecular complexity index is 294. The minimum Gasteiger partial charge on any atom is -0.284 e. The molecule has 0 radical (unpaired) electrons. The van der Waals surface area contributed by atoms with Gasteiger partial charge in [-0.1, -0.05) is 12.1 Å². The van der Waals surface area contributed by atoms with Gasteiger partial charge in [0.2, 0.25) is 0 Å². The molecule has 0 bridgehead atoms. The summed E-state index contributed by atoms with van der Waals surface area (Å²) in [6.45, 7) is 0. The Morgan fingerprint density at radius 2 is 1.25 bits per heavy atom. The predicted octanol–water partition coefficient (Wildman–Crippen LogP) is 1.56. The van der Waals surface area contributed by atoms with Crippen LogP contribution in [-0.2, 0) is 0 Å². The Labute approximate surface area is 69.5 Å². The summed E-state index contributed by atoms with van der Waals surface area (Å²) < 4.78 is 0. The third kappa shape index (κ3) is 0.939. The van der Waals surface area contributed by atoms with E-state index < -0.39 is 0 Å². The number of rotatable bonds is 0. The quantitative estimate of drug-likeness (QED) is 0.610. The maximum absolute atomic E-state index is 9.29. The van der Waals surface area contributed by atoms with Gasteiger partial charge in [-0.2, -0.15) is 0 Å². The second kappa shape index (κ2) is 2.51. The van der Waals surface area contributed by atoms with Gasteiger partial charge in [0, 0.05) is 0 Å². The molecule has 0 aliphatic carbocycles. The van der Waals surface area contributed by atoms with Crippen LogP contribution >= 0.6 is 0 Å². The van der Waals surface area contributed by atoms with Gasteiger partial charge in [-0.25, -0.2) is 10.1 Å². The van der Waals surface area contributed by atoms with Crippen molar-refractivity contribution in [3.8, 4) is 0 Å². The van der Waals surface area contributed by atoms with Crippen molar-refractivity contribution in [3.63, 3.8) is 0 Å². The number of benzene rings is 1. The van der Waals surface area contributed by atoms with Gasteiger partial charge in [-0.05, 0) is 12.1 Å². The van der Waals surface area contributed by atoms with E-state index in [0.29, 0.717) is 11.4 Å². The van der Waals surface area contributed by atoms with E-state index in [9.17, 15) is 10.4 Å². The van der Waals surface area contributed by atoms with Crippen LogP contribution in [0, 0.1) is 0 Å². The van der Waals surface area contributed by atoms with Crippen LogP contribution < -0.4 is 10.1 Å². The molecule has 4 heteroatoms. The third-order valence-electron chi connectivity index (χ3n) is 1.72. The maximum atomic E-state index is 9.29. The van der Waals surface area contributed by atoms with E-state index in [0.717, 1.165) is 10.1 Å². The number of hydrogen-bond acceptors (Lipinski definition) is 4. The largest absolute Gasteiger partial charge is 0.284 e. The Hall–Kier alpha value is -1.52. The van der Waals surface area contributed by atoms with Gasteiger partial charge >= 0.3 is 0 Å². The molecule has 0 spiro atoms. The van der Waals surface area contributed by atoms with Crippen LogP contribution in [0.15, 0.2) is 36.7 Å². The maximum Gasteiger partial charge on any atom is 0.0947 e. The molecular weight excluding hydrogens is 156 g/mol. The topological polar surface area (TPSA) is 46.9 Å². The number of nitrogens with zero attached hydrogens (tertiary/aromatic N) is 2. The van der Waals surface area contributed by atoms with Crippen LogP contribution in [0.2, 0.25) is 0 Å². The van der Waals surface area contributed by atoms with Crippen molar-refractivity contribution in [2.75, 3.05) is 10.1 Å². The molecule has 12 heavy (non-hydrogen) atoms. The van der Waals surface area contributed by atoms with E-state index in [1.165, 1.54) is 12.4 Å². The predicted molar refractivity (Wildman–Crippen MR) is 44.1 cm³/mol. The molecule has 0 aromatic heterocycles. The first kappa shape index (κ1) is 7.15. The summed E-state index contributed by atoms with van der Waals surface area (Å²) in [6, 6.07) is 6.99. The average molecular weight is 164 g/mol. The molecule has 1 heterocycles. The van der Waals surface area contributed by atoms with Crippen LogP contribution in [0.5, 0.6) is 0 Å². The van der Waals surface area contributed by atoms with Crippen LogP contribution in [0.3, 0.4) is 0 Å². The van der Waals surface area contributed by atoms with E-state index in [-0.39, 0.29) is 0 Å². The molecule has 1 aromatic rings. The van der Waals surface area contributed by atoms with Crippen molar-refractivity contribution in [3.05, 3.63) is 36.7 Å². The highest BCUT2D eigenvalue weighted by molar-refractivity contribution is 5.72. The lowest BCUT2D eigenvalue weighted by Gasteiger charge is -2.24. The summed E-state index contributed by atoms with van der Waals surface area (Å²) in [5.74, 6) is 0. The first-order valence-electron chi connectivity index (χ1n) is 3.52. The first-order valence-corrected chi connectivity index (χ1v) is 3.52. The highest BCUT2D eigenvalue weighted by Crippen LogP contribution is 2.30. The third-order valence-corrected chi connectivity index (χ3v) is 1.72. The number of hydrogen-bond donors (Lipinski definition) is 2. The van der Waals surface area contributed by atoms with Crippen LogP contribution in [0.25, 0.3) is 0 Å². The van der Waals surface area contributed by atoms with Gasteiger partial charge in [0.05, 0.1) is 23.8 Å². The molecule has 1 aliphatic rings. The van der Waals surface area contributed by atoms with Gasteiger partial charge in [-0.3, -0.25) is 10.4 Å². The lowest BCUT2D eigenvalue weighted by Crippen LogP contribution is -2.22. The van der Waals surface area contributed by atoms with Crippen molar-refractivity contribution >= 4 is 11.4 Å². The molecule has 1 aromatic carbocycles. The Morgan fingerprint density at radius 1 is 0.833 bits per heavy atom. The van der Waals surface area contributed by atoms with Gasteiger partial charge in [0.15, 0.2) is 0 Å². The van der Waals surface area contributed by atoms with Crippen molar-refractivity contribution < 1.29 is 10.4 Å². The summed E-state index contributed by atoms with van der Waals surface area (Å²) in [7, 11) is 0. The molecular formula is C8H8N2O2. The average Bonchev–Trinajstić information content (AvgIpc) is 2.12. The summed E-state index contributed by atoms with van der Waals surface area (Å²) in [5.41, 5.74) is 1.12. The zero-order chi connectivity index (χ0) is 8.55. The highest BCUT2D eigenvalue weighted by atomic mass is 16.5. The highest BCUT2D eigenvalue weighted by Gasteiger charge is 2.14. The fraction of sp³-hybridized carbons (Fsp3) is 0. The monoisotopic (exact) mass is 164 g/mol. The number of anilines is 2. The minimum absolute atomic E-state index is 0.558. The fourth-order valence-corrected chi connectivity index (χ4v) is 1.14. The molecule has 0 amide bonds. The number of hydroxylamine groups is 2. The van der Waals surface area contributed by atoms with E-state index in [2.05, 4.69) is 0 Å². The Morgan fingerprint density at radius 3 is 1.67 bits per heavy atom. The SMILES string of the molecule is ON1C=CN(O)c2ccccc21. The Kier molecular flexibility index (Phi) is 1.49. The van der Waals surface area contributed by atoms with Gasteiger partial charge < -0.3 is 0 Å². The van der Waals surface area contributed by atoms with E-state index >= 15 is 0 Å². The van der Waals surface area contributed by atoms with Crippen LogP contribution in [-0.4, -0.2) is 10.4 Å². The second-order valence-corrected chi connectivity index (χ2v) is 2.48. The summed E-state index contributed by atoms with van der Waals surface area (Å²) >= 11 is 0. The van der Waals surface area contributed by atoms with E-state index in [1.54, 1.807) is 24.3 Å². The normalized spacial score (nSPS) is 14.8. The standard InChI is InChI=1S/C8H8N2O2/c11-9-5-6-10(12)8-4-2-1-3-7(8)9/h1-6,11-12H. The molecule has 0 unspecified atom stereocenters. The molecule has 62 valence electrons. The lowest BCUT2D eigenvalue weighted by atomic mass is 10.2. The van der Waals surface area contributed by atoms with Crippen molar-refractivity contribution in [1.82, 2.24) is 0 Å². The van der Waals surface area contributed by atoms with Crippen molar-refractivity contribution in [2.24, 2.45) is 0 Å². The minimum atomic E-state index is 0.558. The number of para-hydroxylation sites is 2. The first-order chi connectivity index (χ1) is 5.79. The van der Waals surface area contributed by atoms with Gasteiger partial charge in [-0.15, -0.1) is 0 Å². The molecule has 0 fully saturated rings. The zero-order valence-electron chi connectivity index (χ0n) is 6.25. The van der Waals surface area contributed by atoms with Gasteiger partial charge in [0.1, 0.15) is 0 Å². The van der Waals surface area contributed by atoms with E-state index in [4.69, 9.17) is 0 Å². The van der Waals surface area contributed by atoms with Gasteiger partial charge in [0.25, 0.3) is 0 Å². The zero-order valence-corrected chi connectivity index (χ0v) is 6.25.